The Labute approximate surface area is 142 Å². The molecule has 0 unspecified atom stereocenters. The van der Waals surface area contributed by atoms with Crippen LogP contribution in [0.2, 0.25) is 0 Å². The SMILES string of the molecule is Cc1cc(C)c(OC[C@@H](O)C[NH2+]C(C)(C)CC(C)(C)C)c(C)c1. The van der Waals surface area contributed by atoms with Gasteiger partial charge in [0.05, 0.1) is 5.54 Å². The summed E-state index contributed by atoms with van der Waals surface area (Å²) in [4.78, 5) is 0. The summed E-state index contributed by atoms with van der Waals surface area (Å²) in [6.07, 6.45) is 0.637. The highest BCUT2D eigenvalue weighted by molar-refractivity contribution is 5.42. The van der Waals surface area contributed by atoms with Crippen LogP contribution in [-0.4, -0.2) is 29.9 Å². The molecule has 0 bridgehead atoms. The average Bonchev–Trinajstić information content (AvgIpc) is 2.32. The van der Waals surface area contributed by atoms with Crippen LogP contribution in [0.4, 0.5) is 0 Å². The van der Waals surface area contributed by atoms with Gasteiger partial charge in [-0.15, -0.1) is 0 Å². The van der Waals surface area contributed by atoms with Crippen LogP contribution in [0, 0.1) is 26.2 Å². The van der Waals surface area contributed by atoms with Gasteiger partial charge in [0.15, 0.2) is 0 Å². The molecule has 0 spiro atoms. The summed E-state index contributed by atoms with van der Waals surface area (Å²) in [5.41, 5.74) is 3.91. The molecule has 3 nitrogen and oxygen atoms in total. The van der Waals surface area contributed by atoms with Gasteiger partial charge >= 0.3 is 0 Å². The first-order chi connectivity index (χ1) is 10.4. The number of ether oxygens (including phenoxy) is 1. The standard InChI is InChI=1S/C20H35NO2/c1-14-9-15(2)18(16(3)10-14)23-12-17(22)11-21-20(7,8)13-19(4,5)6/h9-10,17,21-22H,11-13H2,1-8H3/p+1/t17-/m0/s1. The Morgan fingerprint density at radius 1 is 1.04 bits per heavy atom. The van der Waals surface area contributed by atoms with Crippen LogP contribution in [-0.2, 0) is 0 Å². The second-order valence-electron chi connectivity index (χ2n) is 8.86. The lowest BCUT2D eigenvalue weighted by Gasteiger charge is -2.31. The average molecular weight is 323 g/mol. The molecule has 0 aromatic heterocycles. The van der Waals surface area contributed by atoms with Crippen molar-refractivity contribution in [1.82, 2.24) is 0 Å². The largest absolute Gasteiger partial charge is 0.490 e. The molecule has 0 fully saturated rings. The lowest BCUT2D eigenvalue weighted by atomic mass is 9.82. The molecule has 0 aliphatic heterocycles. The van der Waals surface area contributed by atoms with E-state index in [0.29, 0.717) is 13.2 Å². The van der Waals surface area contributed by atoms with Gasteiger partial charge in [-0.3, -0.25) is 0 Å². The smallest absolute Gasteiger partial charge is 0.137 e. The van der Waals surface area contributed by atoms with Crippen LogP contribution in [0.15, 0.2) is 12.1 Å². The lowest BCUT2D eigenvalue weighted by molar-refractivity contribution is -0.727. The van der Waals surface area contributed by atoms with Crippen molar-refractivity contribution in [3.63, 3.8) is 0 Å². The van der Waals surface area contributed by atoms with E-state index in [2.05, 4.69) is 72.8 Å². The number of hydrogen-bond acceptors (Lipinski definition) is 2. The van der Waals surface area contributed by atoms with E-state index in [1.165, 1.54) is 5.56 Å². The van der Waals surface area contributed by atoms with Gasteiger partial charge in [-0.1, -0.05) is 38.5 Å². The van der Waals surface area contributed by atoms with Gasteiger partial charge in [-0.05, 0) is 51.2 Å². The lowest BCUT2D eigenvalue weighted by Crippen LogP contribution is -2.97. The maximum absolute atomic E-state index is 10.3. The van der Waals surface area contributed by atoms with E-state index in [9.17, 15) is 5.11 Å². The summed E-state index contributed by atoms with van der Waals surface area (Å²) in [5.74, 6) is 0.906. The minimum Gasteiger partial charge on any atom is -0.490 e. The number of benzene rings is 1. The molecule has 1 atom stereocenters. The summed E-state index contributed by atoms with van der Waals surface area (Å²) in [5, 5.41) is 12.5. The Hall–Kier alpha value is -1.06. The fraction of sp³-hybridized carbons (Fsp3) is 0.700. The molecular formula is C20H36NO2+. The number of aliphatic hydroxyl groups is 1. The first kappa shape index (κ1) is 20.0. The van der Waals surface area contributed by atoms with Gasteiger partial charge in [-0.25, -0.2) is 0 Å². The zero-order valence-electron chi connectivity index (χ0n) is 16.3. The molecule has 0 aliphatic rings. The van der Waals surface area contributed by atoms with Crippen LogP contribution < -0.4 is 10.1 Å². The van der Waals surface area contributed by atoms with Crippen LogP contribution >= 0.6 is 0 Å². The molecule has 23 heavy (non-hydrogen) atoms. The number of aliphatic hydroxyl groups excluding tert-OH is 1. The van der Waals surface area contributed by atoms with Gasteiger partial charge in [0.2, 0.25) is 0 Å². The van der Waals surface area contributed by atoms with E-state index >= 15 is 0 Å². The Kier molecular flexibility index (Phi) is 6.67. The maximum Gasteiger partial charge on any atom is 0.137 e. The van der Waals surface area contributed by atoms with Crippen LogP contribution in [0.3, 0.4) is 0 Å². The summed E-state index contributed by atoms with van der Waals surface area (Å²) >= 11 is 0. The summed E-state index contributed by atoms with van der Waals surface area (Å²) in [6.45, 7) is 18.4. The molecule has 1 rings (SSSR count). The predicted molar refractivity (Wildman–Crippen MR) is 97.1 cm³/mol. The normalized spacial score (nSPS) is 14.0. The second kappa shape index (κ2) is 7.67. The van der Waals surface area contributed by atoms with Gasteiger partial charge in [0.1, 0.15) is 25.0 Å². The fourth-order valence-electron chi connectivity index (χ4n) is 3.54. The van der Waals surface area contributed by atoms with Gasteiger partial charge < -0.3 is 15.2 Å². The van der Waals surface area contributed by atoms with Crippen LogP contribution in [0.5, 0.6) is 5.75 Å². The molecule has 3 N–H and O–H groups in total. The van der Waals surface area contributed by atoms with E-state index < -0.39 is 6.10 Å². The van der Waals surface area contributed by atoms with E-state index in [1.807, 2.05) is 0 Å². The molecule has 0 saturated heterocycles. The molecule has 0 amide bonds. The third-order valence-electron chi connectivity index (χ3n) is 3.95. The summed E-state index contributed by atoms with van der Waals surface area (Å²) < 4.78 is 5.88. The number of hydrogen-bond donors (Lipinski definition) is 2. The first-order valence-corrected chi connectivity index (χ1v) is 8.63. The number of rotatable bonds is 7. The molecule has 1 aromatic rings. The Morgan fingerprint density at radius 3 is 2.04 bits per heavy atom. The molecular weight excluding hydrogens is 286 g/mol. The number of nitrogens with two attached hydrogens (primary N) is 1. The van der Waals surface area contributed by atoms with Gasteiger partial charge in [0, 0.05) is 6.42 Å². The van der Waals surface area contributed by atoms with Crippen molar-refractivity contribution in [2.24, 2.45) is 5.41 Å². The quantitative estimate of drug-likeness (QED) is 0.810. The predicted octanol–water partition coefficient (Wildman–Crippen LogP) is 3.13. The van der Waals surface area contributed by atoms with E-state index in [-0.39, 0.29) is 11.0 Å². The zero-order valence-corrected chi connectivity index (χ0v) is 16.3. The topological polar surface area (TPSA) is 46.1 Å². The van der Waals surface area contributed by atoms with Crippen molar-refractivity contribution in [3.05, 3.63) is 28.8 Å². The van der Waals surface area contributed by atoms with Crippen molar-refractivity contribution in [2.45, 2.75) is 73.5 Å². The summed E-state index contributed by atoms with van der Waals surface area (Å²) in [7, 11) is 0. The Bertz CT molecular complexity index is 492. The molecule has 0 heterocycles. The molecule has 0 saturated carbocycles. The van der Waals surface area contributed by atoms with Crippen molar-refractivity contribution in [2.75, 3.05) is 13.2 Å². The zero-order chi connectivity index (χ0) is 17.8. The third-order valence-corrected chi connectivity index (χ3v) is 3.95. The number of quaternary nitrogens is 1. The summed E-state index contributed by atoms with van der Waals surface area (Å²) in [6, 6.07) is 4.24. The highest BCUT2D eigenvalue weighted by Gasteiger charge is 2.29. The highest BCUT2D eigenvalue weighted by Crippen LogP contribution is 2.25. The highest BCUT2D eigenvalue weighted by atomic mass is 16.5. The molecule has 1 aromatic carbocycles. The molecule has 132 valence electrons. The van der Waals surface area contributed by atoms with E-state index in [0.717, 1.165) is 23.3 Å². The van der Waals surface area contributed by atoms with E-state index in [4.69, 9.17) is 4.74 Å². The number of aryl methyl sites for hydroxylation is 3. The van der Waals surface area contributed by atoms with Crippen molar-refractivity contribution in [1.29, 1.82) is 0 Å². The molecule has 3 heteroatoms. The second-order valence-corrected chi connectivity index (χ2v) is 8.86. The van der Waals surface area contributed by atoms with Gasteiger partial charge in [0.25, 0.3) is 0 Å². The van der Waals surface area contributed by atoms with Gasteiger partial charge in [-0.2, -0.15) is 0 Å². The van der Waals surface area contributed by atoms with Crippen molar-refractivity contribution >= 4 is 0 Å². The minimum atomic E-state index is -0.464. The monoisotopic (exact) mass is 322 g/mol. The molecule has 0 radical (unpaired) electrons. The van der Waals surface area contributed by atoms with Crippen molar-refractivity contribution in [3.8, 4) is 5.75 Å². The van der Waals surface area contributed by atoms with E-state index in [1.54, 1.807) is 0 Å². The third kappa shape index (κ3) is 7.36. The van der Waals surface area contributed by atoms with Crippen molar-refractivity contribution < 1.29 is 15.2 Å². The minimum absolute atomic E-state index is 0.120. The molecule has 0 aliphatic carbocycles. The maximum atomic E-state index is 10.3. The first-order valence-electron chi connectivity index (χ1n) is 8.63. The van der Waals surface area contributed by atoms with Crippen LogP contribution in [0.25, 0.3) is 0 Å². The fourth-order valence-corrected chi connectivity index (χ4v) is 3.54. The Balaban J connectivity index is 2.51. The van der Waals surface area contributed by atoms with Crippen LogP contribution in [0.1, 0.15) is 57.7 Å². The Morgan fingerprint density at radius 2 is 1.57 bits per heavy atom.